The van der Waals surface area contributed by atoms with Crippen LogP contribution in [-0.2, 0) is 19.7 Å². The highest BCUT2D eigenvalue weighted by Crippen LogP contribution is 2.61. The molecular weight excluding hydrogens is 387 g/mol. The minimum absolute atomic E-state index is 0.0473. The standard InChI is InChI=1S/C15H17F5O5S/c16-14(17,18)11(15(19,20)26(23,24)25)10(21)12(22)13-4-7-1-8(5-13)3-9(2-7)6-13/h7-9,11H,1-6H2,(H,23,24,25)/p-1. The molecule has 4 saturated carbocycles. The third-order valence-corrected chi connectivity index (χ3v) is 6.90. The molecule has 0 amide bonds. The van der Waals surface area contributed by atoms with E-state index in [1.54, 1.807) is 0 Å². The molecule has 0 aromatic heterocycles. The lowest BCUT2D eigenvalue weighted by atomic mass is 9.48. The Kier molecular flexibility index (Phi) is 4.31. The van der Waals surface area contributed by atoms with Crippen LogP contribution in [0.25, 0.3) is 0 Å². The van der Waals surface area contributed by atoms with Crippen LogP contribution >= 0.6 is 0 Å². The molecule has 11 heteroatoms. The SMILES string of the molecule is O=C(C(=O)C12CC3CC(CC(C3)C1)C2)C(C(F)(F)F)C(F)(F)S(=O)(=O)[O-]. The zero-order valence-electron chi connectivity index (χ0n) is 13.4. The second-order valence-electron chi connectivity index (χ2n) is 7.88. The van der Waals surface area contributed by atoms with Gasteiger partial charge in [-0.25, -0.2) is 8.42 Å². The van der Waals surface area contributed by atoms with E-state index in [9.17, 15) is 44.5 Å². The summed E-state index contributed by atoms with van der Waals surface area (Å²) in [6.07, 6.45) is -3.26. The van der Waals surface area contributed by atoms with Crippen molar-refractivity contribution in [3.05, 3.63) is 0 Å². The summed E-state index contributed by atoms with van der Waals surface area (Å²) in [5, 5.41) is -5.94. The zero-order chi connectivity index (χ0) is 19.7. The van der Waals surface area contributed by atoms with E-state index < -0.39 is 44.4 Å². The van der Waals surface area contributed by atoms with Crippen molar-refractivity contribution in [2.45, 2.75) is 50.0 Å². The van der Waals surface area contributed by atoms with Crippen molar-refractivity contribution in [2.24, 2.45) is 29.1 Å². The number of Topliss-reactive ketones (excluding diaryl/α,β-unsaturated/α-hetero) is 2. The smallest absolute Gasteiger partial charge is 0.406 e. The molecule has 0 heterocycles. The molecular formula is C15H16F5O5S-. The monoisotopic (exact) mass is 403 g/mol. The van der Waals surface area contributed by atoms with E-state index in [0.717, 1.165) is 19.3 Å². The molecule has 0 N–H and O–H groups in total. The Hall–Kier alpha value is -1.10. The number of carbonyl (C=O) groups is 2. The van der Waals surface area contributed by atoms with Crippen molar-refractivity contribution in [3.8, 4) is 0 Å². The van der Waals surface area contributed by atoms with E-state index in [0.29, 0.717) is 0 Å². The van der Waals surface area contributed by atoms with Gasteiger partial charge in [0.05, 0.1) is 0 Å². The summed E-state index contributed by atoms with van der Waals surface area (Å²) < 4.78 is 98.5. The van der Waals surface area contributed by atoms with Crippen molar-refractivity contribution in [2.75, 3.05) is 0 Å². The zero-order valence-corrected chi connectivity index (χ0v) is 14.2. The normalized spacial score (nSPS) is 35.4. The molecule has 1 atom stereocenters. The third-order valence-electron chi connectivity index (χ3n) is 6.00. The van der Waals surface area contributed by atoms with Crippen LogP contribution in [0.5, 0.6) is 0 Å². The van der Waals surface area contributed by atoms with E-state index in [1.165, 1.54) is 0 Å². The predicted molar refractivity (Wildman–Crippen MR) is 74.8 cm³/mol. The lowest BCUT2D eigenvalue weighted by molar-refractivity contribution is -0.217. The van der Waals surface area contributed by atoms with Gasteiger partial charge in [-0.15, -0.1) is 0 Å². The number of hydrogen-bond donors (Lipinski definition) is 0. The van der Waals surface area contributed by atoms with E-state index in [1.807, 2.05) is 0 Å². The number of rotatable bonds is 5. The average Bonchev–Trinajstić information content (AvgIpc) is 2.41. The van der Waals surface area contributed by atoms with E-state index in [2.05, 4.69) is 0 Å². The number of carbonyl (C=O) groups excluding carboxylic acids is 2. The maximum Gasteiger partial charge on any atom is 0.406 e. The molecule has 0 radical (unpaired) electrons. The minimum atomic E-state index is -6.80. The maximum absolute atomic E-state index is 13.7. The fraction of sp³-hybridized carbons (Fsp3) is 0.867. The van der Waals surface area contributed by atoms with Gasteiger partial charge in [0.25, 0.3) is 0 Å². The van der Waals surface area contributed by atoms with E-state index in [4.69, 9.17) is 0 Å². The molecule has 0 saturated heterocycles. The quantitative estimate of drug-likeness (QED) is 0.400. The van der Waals surface area contributed by atoms with Crippen molar-refractivity contribution in [1.82, 2.24) is 0 Å². The Balaban J connectivity index is 1.97. The van der Waals surface area contributed by atoms with Crippen LogP contribution in [0.1, 0.15) is 38.5 Å². The van der Waals surface area contributed by atoms with Crippen LogP contribution in [0.2, 0.25) is 0 Å². The fourth-order valence-corrected chi connectivity index (χ4v) is 5.95. The van der Waals surface area contributed by atoms with E-state index >= 15 is 0 Å². The first kappa shape index (κ1) is 19.7. The van der Waals surface area contributed by atoms with Crippen LogP contribution in [0.4, 0.5) is 22.0 Å². The molecule has 148 valence electrons. The van der Waals surface area contributed by atoms with Crippen LogP contribution < -0.4 is 0 Å². The summed E-state index contributed by atoms with van der Waals surface area (Å²) >= 11 is 0. The molecule has 4 rings (SSSR count). The van der Waals surface area contributed by atoms with Gasteiger partial charge in [-0.2, -0.15) is 22.0 Å². The molecule has 4 aliphatic rings. The lowest BCUT2D eigenvalue weighted by Gasteiger charge is -2.55. The Labute approximate surface area is 146 Å². The molecule has 0 aromatic carbocycles. The Morgan fingerprint density at radius 1 is 0.923 bits per heavy atom. The Morgan fingerprint density at radius 2 is 1.31 bits per heavy atom. The van der Waals surface area contributed by atoms with Gasteiger partial charge >= 0.3 is 11.4 Å². The first-order valence-corrected chi connectivity index (χ1v) is 9.57. The van der Waals surface area contributed by atoms with Crippen LogP contribution in [0.3, 0.4) is 0 Å². The summed E-state index contributed by atoms with van der Waals surface area (Å²) in [7, 11) is -6.80. The largest absolute Gasteiger partial charge is 0.743 e. The molecule has 0 aromatic rings. The van der Waals surface area contributed by atoms with Gasteiger partial charge in [0, 0.05) is 5.41 Å². The summed E-state index contributed by atoms with van der Waals surface area (Å²) in [5.41, 5.74) is -1.45. The first-order chi connectivity index (χ1) is 11.7. The van der Waals surface area contributed by atoms with Gasteiger partial charge in [0.15, 0.2) is 16.0 Å². The van der Waals surface area contributed by atoms with Crippen LogP contribution in [0.15, 0.2) is 0 Å². The topological polar surface area (TPSA) is 91.3 Å². The van der Waals surface area contributed by atoms with Gasteiger partial charge in [0.2, 0.25) is 11.6 Å². The molecule has 0 spiro atoms. The highest BCUT2D eigenvalue weighted by molar-refractivity contribution is 7.86. The molecule has 26 heavy (non-hydrogen) atoms. The van der Waals surface area contributed by atoms with Crippen LogP contribution in [-0.4, -0.2) is 36.0 Å². The predicted octanol–water partition coefficient (Wildman–Crippen LogP) is 2.66. The van der Waals surface area contributed by atoms with Crippen molar-refractivity contribution >= 4 is 21.7 Å². The first-order valence-electron chi connectivity index (χ1n) is 8.16. The highest BCUT2D eigenvalue weighted by atomic mass is 32.2. The van der Waals surface area contributed by atoms with Gasteiger partial charge in [-0.3, -0.25) is 9.59 Å². The van der Waals surface area contributed by atoms with Crippen molar-refractivity contribution < 1.29 is 44.5 Å². The molecule has 4 aliphatic carbocycles. The maximum atomic E-state index is 13.7. The summed E-state index contributed by atoms with van der Waals surface area (Å²) in [4.78, 5) is 24.7. The molecule has 5 nitrogen and oxygen atoms in total. The molecule has 4 bridgehead atoms. The number of ketones is 2. The fourth-order valence-electron chi connectivity index (χ4n) is 5.42. The third kappa shape index (κ3) is 2.96. The summed E-state index contributed by atoms with van der Waals surface area (Å²) in [6, 6.07) is 0. The van der Waals surface area contributed by atoms with Gasteiger partial charge in [0.1, 0.15) is 0 Å². The van der Waals surface area contributed by atoms with Gasteiger partial charge in [-0.05, 0) is 56.3 Å². The molecule has 4 fully saturated rings. The molecule has 1 unspecified atom stereocenters. The number of halogens is 5. The van der Waals surface area contributed by atoms with Crippen molar-refractivity contribution in [1.29, 1.82) is 0 Å². The number of hydrogen-bond acceptors (Lipinski definition) is 5. The highest BCUT2D eigenvalue weighted by Gasteiger charge is 2.67. The van der Waals surface area contributed by atoms with Gasteiger partial charge in [-0.1, -0.05) is 0 Å². The minimum Gasteiger partial charge on any atom is -0.743 e. The van der Waals surface area contributed by atoms with Gasteiger partial charge < -0.3 is 4.55 Å². The second-order valence-corrected chi connectivity index (χ2v) is 9.33. The summed E-state index contributed by atoms with van der Waals surface area (Å²) in [5.74, 6) is -8.47. The average molecular weight is 403 g/mol. The van der Waals surface area contributed by atoms with Crippen molar-refractivity contribution in [3.63, 3.8) is 0 Å². The number of alkyl halides is 5. The lowest BCUT2D eigenvalue weighted by Crippen LogP contribution is -2.57. The Bertz CT molecular complexity index is 707. The van der Waals surface area contributed by atoms with Crippen LogP contribution in [0, 0.1) is 29.1 Å². The summed E-state index contributed by atoms with van der Waals surface area (Å²) in [6.45, 7) is 0. The Morgan fingerprint density at radius 3 is 1.62 bits per heavy atom. The second kappa shape index (κ2) is 5.70. The van der Waals surface area contributed by atoms with E-state index in [-0.39, 0.29) is 37.0 Å². The molecule has 0 aliphatic heterocycles.